The van der Waals surface area contributed by atoms with E-state index in [0.29, 0.717) is 0 Å². The summed E-state index contributed by atoms with van der Waals surface area (Å²) in [5.41, 5.74) is 0. The first-order valence-electron chi connectivity index (χ1n) is 7.88. The lowest BCUT2D eigenvalue weighted by Crippen LogP contribution is -2.43. The molecule has 0 unspecified atom stereocenters. The molecule has 0 bridgehead atoms. The van der Waals surface area contributed by atoms with Gasteiger partial charge in [-0.25, -0.2) is 0 Å². The normalized spacial score (nSPS) is 11.7. The molecule has 0 aromatic carbocycles. The van der Waals surface area contributed by atoms with Gasteiger partial charge in [0, 0.05) is 26.7 Å². The summed E-state index contributed by atoms with van der Waals surface area (Å²) in [4.78, 5) is 6.73. The van der Waals surface area contributed by atoms with Gasteiger partial charge in [-0.1, -0.05) is 40.5 Å². The molecule has 0 aromatic heterocycles. The van der Waals surface area contributed by atoms with E-state index >= 15 is 0 Å². The minimum Gasteiger partial charge on any atom is -0.356 e. The van der Waals surface area contributed by atoms with Crippen LogP contribution in [-0.2, 0) is 0 Å². The third kappa shape index (κ3) is 10.7. The summed E-state index contributed by atoms with van der Waals surface area (Å²) in [5, 5.41) is 6.81. The van der Waals surface area contributed by atoms with Crippen molar-refractivity contribution in [1.29, 1.82) is 0 Å². The number of halogens is 1. The highest BCUT2D eigenvalue weighted by atomic mass is 127. The van der Waals surface area contributed by atoms with E-state index in [1.165, 1.54) is 25.8 Å². The van der Waals surface area contributed by atoms with Gasteiger partial charge in [-0.15, -0.1) is 24.0 Å². The zero-order chi connectivity index (χ0) is 14.5. The van der Waals surface area contributed by atoms with Crippen molar-refractivity contribution >= 4 is 29.9 Å². The van der Waals surface area contributed by atoms with Gasteiger partial charge in [0.25, 0.3) is 0 Å². The molecule has 0 aromatic rings. The first-order chi connectivity index (χ1) is 9.21. The Balaban J connectivity index is 0. The fraction of sp³-hybridized carbons (Fsp3) is 0.933. The van der Waals surface area contributed by atoms with E-state index in [4.69, 9.17) is 0 Å². The molecular formula is C15H35IN4. The predicted octanol–water partition coefficient (Wildman–Crippen LogP) is 2.94. The molecule has 0 aliphatic rings. The molecule has 2 N–H and O–H groups in total. The van der Waals surface area contributed by atoms with E-state index in [2.05, 4.69) is 48.2 Å². The van der Waals surface area contributed by atoms with Gasteiger partial charge in [-0.2, -0.15) is 0 Å². The first kappa shape index (κ1) is 22.2. The van der Waals surface area contributed by atoms with Crippen molar-refractivity contribution in [3.05, 3.63) is 0 Å². The minimum atomic E-state index is 0. The lowest BCUT2D eigenvalue weighted by molar-refractivity contribution is 0.293. The SMILES string of the molecule is CCCN(CC)CCNC(=NC)NCC(CC)CC.I. The Morgan fingerprint density at radius 3 is 2.15 bits per heavy atom. The Hall–Kier alpha value is -0.0400. The highest BCUT2D eigenvalue weighted by molar-refractivity contribution is 14.0. The number of hydrogen-bond donors (Lipinski definition) is 2. The second-order valence-electron chi connectivity index (χ2n) is 5.00. The molecule has 0 saturated heterocycles. The quantitative estimate of drug-likeness (QED) is 0.338. The topological polar surface area (TPSA) is 39.7 Å². The molecule has 0 aliphatic carbocycles. The van der Waals surface area contributed by atoms with Crippen molar-refractivity contribution in [2.75, 3.05) is 39.8 Å². The van der Waals surface area contributed by atoms with Gasteiger partial charge in [-0.05, 0) is 25.4 Å². The van der Waals surface area contributed by atoms with Crippen LogP contribution in [-0.4, -0.2) is 50.6 Å². The number of guanidine groups is 1. The molecule has 122 valence electrons. The molecule has 20 heavy (non-hydrogen) atoms. The van der Waals surface area contributed by atoms with E-state index in [-0.39, 0.29) is 24.0 Å². The molecular weight excluding hydrogens is 363 g/mol. The van der Waals surface area contributed by atoms with Crippen LogP contribution in [0.1, 0.15) is 47.0 Å². The molecule has 4 nitrogen and oxygen atoms in total. The predicted molar refractivity (Wildman–Crippen MR) is 101 cm³/mol. The van der Waals surface area contributed by atoms with Gasteiger partial charge in [0.05, 0.1) is 0 Å². The Morgan fingerprint density at radius 1 is 1.05 bits per heavy atom. The van der Waals surface area contributed by atoms with Gasteiger partial charge in [-0.3, -0.25) is 4.99 Å². The molecule has 0 rings (SSSR count). The van der Waals surface area contributed by atoms with Crippen LogP contribution in [0.25, 0.3) is 0 Å². The highest BCUT2D eigenvalue weighted by Crippen LogP contribution is 2.04. The molecule has 0 heterocycles. The molecule has 0 amide bonds. The average molecular weight is 398 g/mol. The van der Waals surface area contributed by atoms with Crippen LogP contribution in [0.5, 0.6) is 0 Å². The van der Waals surface area contributed by atoms with Gasteiger partial charge >= 0.3 is 0 Å². The largest absolute Gasteiger partial charge is 0.356 e. The summed E-state index contributed by atoms with van der Waals surface area (Å²) in [6, 6.07) is 0. The van der Waals surface area contributed by atoms with Crippen molar-refractivity contribution in [2.24, 2.45) is 10.9 Å². The lowest BCUT2D eigenvalue weighted by Gasteiger charge is -2.21. The molecule has 0 atom stereocenters. The van der Waals surface area contributed by atoms with E-state index in [1.54, 1.807) is 0 Å². The zero-order valence-electron chi connectivity index (χ0n) is 14.0. The Bertz CT molecular complexity index is 230. The third-order valence-electron chi connectivity index (χ3n) is 3.64. The van der Waals surface area contributed by atoms with Crippen LogP contribution in [0.15, 0.2) is 4.99 Å². The fourth-order valence-electron chi connectivity index (χ4n) is 2.12. The number of aliphatic imine (C=N–C) groups is 1. The molecule has 0 aliphatic heterocycles. The maximum Gasteiger partial charge on any atom is 0.191 e. The summed E-state index contributed by atoms with van der Waals surface area (Å²) in [6.45, 7) is 14.3. The monoisotopic (exact) mass is 398 g/mol. The van der Waals surface area contributed by atoms with Crippen molar-refractivity contribution < 1.29 is 0 Å². The number of rotatable bonds is 10. The van der Waals surface area contributed by atoms with Crippen LogP contribution in [0.3, 0.4) is 0 Å². The van der Waals surface area contributed by atoms with Gasteiger partial charge < -0.3 is 15.5 Å². The van der Waals surface area contributed by atoms with Crippen LogP contribution in [0, 0.1) is 5.92 Å². The molecule has 0 spiro atoms. The van der Waals surface area contributed by atoms with Gasteiger partial charge in [0.2, 0.25) is 0 Å². The Labute approximate surface area is 143 Å². The third-order valence-corrected chi connectivity index (χ3v) is 3.64. The number of hydrogen-bond acceptors (Lipinski definition) is 2. The Morgan fingerprint density at radius 2 is 1.70 bits per heavy atom. The van der Waals surface area contributed by atoms with Crippen LogP contribution in [0.2, 0.25) is 0 Å². The summed E-state index contributed by atoms with van der Waals surface area (Å²) >= 11 is 0. The average Bonchev–Trinajstić information content (AvgIpc) is 2.45. The Kier molecular flexibility index (Phi) is 17.1. The van der Waals surface area contributed by atoms with Crippen molar-refractivity contribution in [1.82, 2.24) is 15.5 Å². The van der Waals surface area contributed by atoms with E-state index in [9.17, 15) is 0 Å². The standard InChI is InChI=1S/C15H34N4.HI/c1-6-11-19(9-4)12-10-17-15(16-5)18-13-14(7-2)8-3;/h14H,6-13H2,1-5H3,(H2,16,17,18);1H. The number of nitrogens with zero attached hydrogens (tertiary/aromatic N) is 2. The van der Waals surface area contributed by atoms with Crippen molar-refractivity contribution in [2.45, 2.75) is 47.0 Å². The summed E-state index contributed by atoms with van der Waals surface area (Å²) in [7, 11) is 1.84. The zero-order valence-corrected chi connectivity index (χ0v) is 16.4. The number of likely N-dealkylation sites (N-methyl/N-ethyl adjacent to an activating group) is 1. The van der Waals surface area contributed by atoms with Gasteiger partial charge in [0.15, 0.2) is 5.96 Å². The van der Waals surface area contributed by atoms with E-state index < -0.39 is 0 Å². The molecule has 0 fully saturated rings. The maximum atomic E-state index is 4.27. The smallest absolute Gasteiger partial charge is 0.191 e. The summed E-state index contributed by atoms with van der Waals surface area (Å²) in [6.07, 6.45) is 3.66. The van der Waals surface area contributed by atoms with Crippen molar-refractivity contribution in [3.8, 4) is 0 Å². The maximum absolute atomic E-state index is 4.27. The summed E-state index contributed by atoms with van der Waals surface area (Å²) in [5.74, 6) is 1.67. The first-order valence-corrected chi connectivity index (χ1v) is 7.88. The molecule has 0 saturated carbocycles. The lowest BCUT2D eigenvalue weighted by atomic mass is 10.0. The highest BCUT2D eigenvalue weighted by Gasteiger charge is 2.05. The van der Waals surface area contributed by atoms with E-state index in [0.717, 1.165) is 38.1 Å². The number of nitrogens with one attached hydrogen (secondary N) is 2. The molecule has 0 radical (unpaired) electrons. The summed E-state index contributed by atoms with van der Waals surface area (Å²) < 4.78 is 0. The molecule has 5 heteroatoms. The van der Waals surface area contributed by atoms with Gasteiger partial charge in [0.1, 0.15) is 0 Å². The fourth-order valence-corrected chi connectivity index (χ4v) is 2.12. The second kappa shape index (κ2) is 15.4. The van der Waals surface area contributed by atoms with Crippen molar-refractivity contribution in [3.63, 3.8) is 0 Å². The second-order valence-corrected chi connectivity index (χ2v) is 5.00. The van der Waals surface area contributed by atoms with Crippen LogP contribution < -0.4 is 10.6 Å². The minimum absolute atomic E-state index is 0. The van der Waals surface area contributed by atoms with E-state index in [1.807, 2.05) is 7.05 Å². The van der Waals surface area contributed by atoms with Crippen LogP contribution in [0.4, 0.5) is 0 Å². The van der Waals surface area contributed by atoms with Crippen LogP contribution >= 0.6 is 24.0 Å².